The highest BCUT2D eigenvalue weighted by Gasteiger charge is 2.71. The number of benzene rings is 1. The van der Waals surface area contributed by atoms with Crippen LogP contribution in [0.4, 0.5) is 0 Å². The number of rotatable bonds is 6. The van der Waals surface area contributed by atoms with E-state index in [2.05, 4.69) is 33.0 Å². The van der Waals surface area contributed by atoms with Crippen molar-refractivity contribution in [2.24, 2.45) is 23.7 Å². The van der Waals surface area contributed by atoms with Gasteiger partial charge in [-0.2, -0.15) is 0 Å². The van der Waals surface area contributed by atoms with Gasteiger partial charge in [-0.05, 0) is 49.2 Å². The summed E-state index contributed by atoms with van der Waals surface area (Å²) < 4.78 is 13.0. The highest BCUT2D eigenvalue weighted by Crippen LogP contribution is 2.62. The Morgan fingerprint density at radius 1 is 1.28 bits per heavy atom. The molecule has 0 spiro atoms. The Morgan fingerprint density at radius 3 is 2.66 bits per heavy atom. The van der Waals surface area contributed by atoms with E-state index in [1.165, 1.54) is 6.08 Å². The van der Waals surface area contributed by atoms with Crippen LogP contribution in [0.15, 0.2) is 36.4 Å². The Balaban J connectivity index is 1.65. The lowest BCUT2D eigenvalue weighted by Crippen LogP contribution is -2.63. The summed E-state index contributed by atoms with van der Waals surface area (Å²) >= 11 is 0. The molecule has 4 rings (SSSR count). The maximum Gasteiger partial charge on any atom is 0.331 e. The zero-order chi connectivity index (χ0) is 23.1. The van der Waals surface area contributed by atoms with Gasteiger partial charge in [0.25, 0.3) is 0 Å². The predicted octanol–water partition coefficient (Wildman–Crippen LogP) is 3.34. The first kappa shape index (κ1) is 23.0. The zero-order valence-corrected chi connectivity index (χ0v) is 19.4. The van der Waals surface area contributed by atoms with Crippen molar-refractivity contribution in [3.63, 3.8) is 0 Å². The molecule has 1 aliphatic carbocycles. The van der Waals surface area contributed by atoms with Crippen LogP contribution in [0, 0.1) is 23.7 Å². The third-order valence-electron chi connectivity index (χ3n) is 8.16. The number of esters is 1. The summed E-state index contributed by atoms with van der Waals surface area (Å²) in [6, 6.07) is 9.44. The molecule has 2 bridgehead atoms. The van der Waals surface area contributed by atoms with Gasteiger partial charge in [0.1, 0.15) is 18.3 Å². The predicted molar refractivity (Wildman–Crippen MR) is 121 cm³/mol. The first-order valence-corrected chi connectivity index (χ1v) is 11.8. The molecule has 1 aromatic carbocycles. The van der Waals surface area contributed by atoms with E-state index >= 15 is 0 Å². The second-order valence-electron chi connectivity index (χ2n) is 10.2. The molecule has 174 valence electrons. The zero-order valence-electron chi connectivity index (χ0n) is 19.4. The van der Waals surface area contributed by atoms with Crippen molar-refractivity contribution in [2.75, 3.05) is 6.61 Å². The molecule has 2 heterocycles. The lowest BCUT2D eigenvalue weighted by atomic mass is 9.69. The number of carbonyl (C=O) groups is 2. The second kappa shape index (κ2) is 8.64. The van der Waals surface area contributed by atoms with Crippen molar-refractivity contribution >= 4 is 18.0 Å². The van der Waals surface area contributed by atoms with Gasteiger partial charge < -0.3 is 19.9 Å². The van der Waals surface area contributed by atoms with Gasteiger partial charge in [-0.25, -0.2) is 4.79 Å². The Hall–Kier alpha value is -2.18. The van der Waals surface area contributed by atoms with Crippen LogP contribution in [-0.4, -0.2) is 46.9 Å². The van der Waals surface area contributed by atoms with Crippen LogP contribution in [-0.2, 0) is 19.1 Å². The first-order chi connectivity index (χ1) is 15.2. The molecule has 0 radical (unpaired) electrons. The van der Waals surface area contributed by atoms with Gasteiger partial charge in [-0.15, -0.1) is 0 Å². The van der Waals surface area contributed by atoms with E-state index in [1.807, 2.05) is 30.3 Å². The number of amides is 1. The minimum absolute atomic E-state index is 0.0857. The van der Waals surface area contributed by atoms with Crippen LogP contribution < -0.4 is 5.32 Å². The second-order valence-corrected chi connectivity index (χ2v) is 10.2. The van der Waals surface area contributed by atoms with Gasteiger partial charge in [0.05, 0.1) is 11.6 Å². The van der Waals surface area contributed by atoms with Crippen molar-refractivity contribution in [1.82, 2.24) is 5.32 Å². The topological polar surface area (TPSA) is 84.9 Å². The summed E-state index contributed by atoms with van der Waals surface area (Å²) in [5, 5.41) is 12.3. The van der Waals surface area contributed by atoms with Crippen molar-refractivity contribution < 1.29 is 24.2 Å². The van der Waals surface area contributed by atoms with Crippen LogP contribution >= 0.6 is 0 Å². The summed E-state index contributed by atoms with van der Waals surface area (Å²) in [5.41, 5.74) is -0.291. The van der Waals surface area contributed by atoms with Crippen LogP contribution in [0.5, 0.6) is 0 Å². The molecule has 6 nitrogen and oxygen atoms in total. The highest BCUT2D eigenvalue weighted by molar-refractivity contribution is 5.87. The summed E-state index contributed by atoms with van der Waals surface area (Å²) in [6.45, 7) is 7.96. The van der Waals surface area contributed by atoms with Crippen LogP contribution in [0.2, 0.25) is 0 Å². The van der Waals surface area contributed by atoms with E-state index in [-0.39, 0.29) is 35.9 Å². The van der Waals surface area contributed by atoms with Gasteiger partial charge in [0.15, 0.2) is 0 Å². The number of hydrogen-bond donors (Lipinski definition) is 2. The quantitative estimate of drug-likeness (QED) is 0.523. The molecule has 0 aromatic heterocycles. The maximum atomic E-state index is 12.9. The van der Waals surface area contributed by atoms with E-state index in [9.17, 15) is 14.7 Å². The Bertz CT molecular complexity index is 883. The number of aliphatic hydroxyl groups excluding tert-OH is 1. The SMILES string of the molecule is CC(C)[C@@]12C[C@@H](NC(=O)CO)C(C)(O1)[C@@H]1CC[C@@H](C)[C@H]1[C@@H]2OC(=O)/C=C/c1ccccc1. The summed E-state index contributed by atoms with van der Waals surface area (Å²) in [5.74, 6) is 0.0556. The van der Waals surface area contributed by atoms with E-state index in [1.54, 1.807) is 6.08 Å². The normalized spacial score (nSPS) is 38.1. The van der Waals surface area contributed by atoms with Crippen LogP contribution in [0.25, 0.3) is 6.08 Å². The molecule has 1 amide bonds. The largest absolute Gasteiger partial charge is 0.456 e. The molecule has 1 saturated carbocycles. The molecule has 6 heteroatoms. The van der Waals surface area contributed by atoms with Crippen molar-refractivity contribution in [2.45, 2.75) is 70.3 Å². The van der Waals surface area contributed by atoms with Crippen LogP contribution in [0.3, 0.4) is 0 Å². The Kier molecular flexibility index (Phi) is 6.21. The number of fused-ring (bicyclic) bond motifs is 4. The Morgan fingerprint density at radius 2 is 2.00 bits per heavy atom. The summed E-state index contributed by atoms with van der Waals surface area (Å²) in [6.07, 6.45) is 5.44. The molecule has 3 fully saturated rings. The van der Waals surface area contributed by atoms with Gasteiger partial charge in [0, 0.05) is 18.4 Å². The lowest BCUT2D eigenvalue weighted by Gasteiger charge is -2.53. The van der Waals surface area contributed by atoms with E-state index in [0.29, 0.717) is 12.3 Å². The number of aliphatic hydroxyl groups is 1. The molecule has 32 heavy (non-hydrogen) atoms. The van der Waals surface area contributed by atoms with Gasteiger partial charge in [0.2, 0.25) is 5.91 Å². The number of nitrogens with one attached hydrogen (secondary N) is 1. The molecule has 2 N–H and O–H groups in total. The molecule has 7 atom stereocenters. The molecule has 2 aliphatic heterocycles. The monoisotopic (exact) mass is 441 g/mol. The molecule has 3 aliphatic rings. The van der Waals surface area contributed by atoms with E-state index in [4.69, 9.17) is 9.47 Å². The Labute approximate surface area is 190 Å². The minimum Gasteiger partial charge on any atom is -0.456 e. The smallest absolute Gasteiger partial charge is 0.331 e. The average molecular weight is 442 g/mol. The fraction of sp³-hybridized carbons (Fsp3) is 0.615. The molecule has 1 unspecified atom stereocenters. The van der Waals surface area contributed by atoms with Crippen LogP contribution in [0.1, 0.15) is 52.5 Å². The molecular weight excluding hydrogens is 406 g/mol. The van der Waals surface area contributed by atoms with E-state index < -0.39 is 23.7 Å². The van der Waals surface area contributed by atoms with Gasteiger partial charge in [-0.1, -0.05) is 51.1 Å². The third-order valence-corrected chi connectivity index (χ3v) is 8.16. The first-order valence-electron chi connectivity index (χ1n) is 11.8. The molecule has 2 saturated heterocycles. The lowest BCUT2D eigenvalue weighted by molar-refractivity contribution is -0.259. The summed E-state index contributed by atoms with van der Waals surface area (Å²) in [7, 11) is 0. The summed E-state index contributed by atoms with van der Waals surface area (Å²) in [4.78, 5) is 25.0. The van der Waals surface area contributed by atoms with Crippen molar-refractivity contribution in [1.29, 1.82) is 0 Å². The highest BCUT2D eigenvalue weighted by atomic mass is 16.6. The van der Waals surface area contributed by atoms with Crippen molar-refractivity contribution in [3.8, 4) is 0 Å². The third kappa shape index (κ3) is 3.77. The average Bonchev–Trinajstić information content (AvgIpc) is 3.28. The van der Waals surface area contributed by atoms with Gasteiger partial charge in [-0.3, -0.25) is 4.79 Å². The number of hydrogen-bond acceptors (Lipinski definition) is 5. The number of ether oxygens (including phenoxy) is 2. The number of carbonyl (C=O) groups excluding carboxylic acids is 2. The minimum atomic E-state index is -0.682. The molecule has 1 aromatic rings. The van der Waals surface area contributed by atoms with E-state index in [0.717, 1.165) is 18.4 Å². The molecular formula is C26H35NO5. The fourth-order valence-electron chi connectivity index (χ4n) is 6.47. The maximum absolute atomic E-state index is 12.9. The standard InChI is InChI=1S/C26H35NO5/c1-16(2)26-14-20(27-21(29)15-28)25(4,32-26)19-12-10-17(3)23(19)24(26)31-22(30)13-11-18-8-6-5-7-9-18/h5-9,11,13,16-17,19-20,23-24,28H,10,12,14-15H2,1-4H3,(H,27,29)/b13-11+/t17-,19-,20-,23-,24+,25?,26-/m1/s1. The fourth-order valence-corrected chi connectivity index (χ4v) is 6.47. The van der Waals surface area contributed by atoms with Crippen molar-refractivity contribution in [3.05, 3.63) is 42.0 Å². The van der Waals surface area contributed by atoms with Gasteiger partial charge >= 0.3 is 5.97 Å².